The molecular weight excluding hydrogens is 346 g/mol. The number of anilines is 1. The van der Waals surface area contributed by atoms with E-state index in [1.165, 1.54) is 6.07 Å². The van der Waals surface area contributed by atoms with Gasteiger partial charge in [-0.2, -0.15) is 0 Å². The molecule has 1 unspecified atom stereocenters. The standard InChI is InChI=1S/C19H23N5O3/c1-13(16-6-2-3-10-21-16)22-17-8-7-14(11-18(17)24(26)27)19(25)23-15-5-4-9-20-12-15/h2-3,6-8,10-11,13,15,20,22H,4-5,9,12H2,1H3,(H,23,25)/t13?,15-/m0/s1. The summed E-state index contributed by atoms with van der Waals surface area (Å²) in [5, 5.41) is 20.8. The quantitative estimate of drug-likeness (QED) is 0.533. The van der Waals surface area contributed by atoms with Crippen molar-refractivity contribution in [2.75, 3.05) is 18.4 Å². The van der Waals surface area contributed by atoms with Crippen molar-refractivity contribution in [3.63, 3.8) is 0 Å². The molecule has 0 bridgehead atoms. The molecule has 1 aromatic heterocycles. The normalized spacial score (nSPS) is 17.7. The highest BCUT2D eigenvalue weighted by Gasteiger charge is 2.21. The van der Waals surface area contributed by atoms with Gasteiger partial charge in [0.25, 0.3) is 11.6 Å². The van der Waals surface area contributed by atoms with E-state index in [1.807, 2.05) is 25.1 Å². The first-order valence-corrected chi connectivity index (χ1v) is 9.02. The van der Waals surface area contributed by atoms with Gasteiger partial charge in [-0.05, 0) is 50.6 Å². The predicted octanol–water partition coefficient (Wildman–Crippen LogP) is 2.64. The van der Waals surface area contributed by atoms with Crippen LogP contribution in [0.25, 0.3) is 0 Å². The molecule has 0 aliphatic carbocycles. The third-order valence-electron chi connectivity index (χ3n) is 4.59. The van der Waals surface area contributed by atoms with Gasteiger partial charge in [0.05, 0.1) is 16.7 Å². The third-order valence-corrected chi connectivity index (χ3v) is 4.59. The molecule has 0 radical (unpaired) electrons. The molecule has 3 rings (SSSR count). The van der Waals surface area contributed by atoms with E-state index >= 15 is 0 Å². The second-order valence-electron chi connectivity index (χ2n) is 6.63. The lowest BCUT2D eigenvalue weighted by Crippen LogP contribution is -2.45. The lowest BCUT2D eigenvalue weighted by Gasteiger charge is -2.23. The van der Waals surface area contributed by atoms with Crippen LogP contribution in [-0.2, 0) is 0 Å². The summed E-state index contributed by atoms with van der Waals surface area (Å²) in [6.45, 7) is 3.55. The number of aromatic nitrogens is 1. The summed E-state index contributed by atoms with van der Waals surface area (Å²) in [6.07, 6.45) is 3.58. The van der Waals surface area contributed by atoms with Gasteiger partial charge in [-0.1, -0.05) is 6.07 Å². The molecule has 2 atom stereocenters. The van der Waals surface area contributed by atoms with Crippen LogP contribution in [0.4, 0.5) is 11.4 Å². The van der Waals surface area contributed by atoms with Gasteiger partial charge in [-0.15, -0.1) is 0 Å². The van der Waals surface area contributed by atoms with Crippen LogP contribution in [0.5, 0.6) is 0 Å². The van der Waals surface area contributed by atoms with Crippen LogP contribution in [0.3, 0.4) is 0 Å². The van der Waals surface area contributed by atoms with Crippen LogP contribution in [-0.4, -0.2) is 34.9 Å². The number of carbonyl (C=O) groups is 1. The minimum atomic E-state index is -0.480. The molecule has 1 aliphatic heterocycles. The Balaban J connectivity index is 1.76. The maximum absolute atomic E-state index is 12.5. The molecule has 27 heavy (non-hydrogen) atoms. The number of hydrogen-bond acceptors (Lipinski definition) is 6. The highest BCUT2D eigenvalue weighted by atomic mass is 16.6. The Bertz CT molecular complexity index is 806. The lowest BCUT2D eigenvalue weighted by atomic mass is 10.1. The zero-order chi connectivity index (χ0) is 19.2. The predicted molar refractivity (Wildman–Crippen MR) is 103 cm³/mol. The number of rotatable bonds is 6. The molecule has 0 spiro atoms. The first kappa shape index (κ1) is 18.8. The Morgan fingerprint density at radius 1 is 1.37 bits per heavy atom. The van der Waals surface area contributed by atoms with Crippen LogP contribution in [0, 0.1) is 10.1 Å². The van der Waals surface area contributed by atoms with E-state index in [0.717, 1.165) is 31.6 Å². The first-order chi connectivity index (χ1) is 13.0. The number of piperidine rings is 1. The van der Waals surface area contributed by atoms with Crippen molar-refractivity contribution in [2.24, 2.45) is 0 Å². The summed E-state index contributed by atoms with van der Waals surface area (Å²) in [5.74, 6) is -0.295. The molecule has 1 fully saturated rings. The molecule has 142 valence electrons. The molecule has 2 aromatic rings. The van der Waals surface area contributed by atoms with Gasteiger partial charge in [0.2, 0.25) is 0 Å². The van der Waals surface area contributed by atoms with Gasteiger partial charge >= 0.3 is 0 Å². The molecule has 1 saturated heterocycles. The van der Waals surface area contributed by atoms with E-state index < -0.39 is 4.92 Å². The van der Waals surface area contributed by atoms with Gasteiger partial charge in [-0.3, -0.25) is 19.9 Å². The fourth-order valence-corrected chi connectivity index (χ4v) is 3.13. The van der Waals surface area contributed by atoms with Crippen LogP contribution < -0.4 is 16.0 Å². The van der Waals surface area contributed by atoms with Crippen molar-refractivity contribution in [3.8, 4) is 0 Å². The van der Waals surface area contributed by atoms with Crippen LogP contribution >= 0.6 is 0 Å². The fraction of sp³-hybridized carbons (Fsp3) is 0.368. The highest BCUT2D eigenvalue weighted by Crippen LogP contribution is 2.29. The molecule has 1 aromatic carbocycles. The maximum atomic E-state index is 12.5. The zero-order valence-electron chi connectivity index (χ0n) is 15.1. The van der Waals surface area contributed by atoms with Gasteiger partial charge < -0.3 is 16.0 Å². The number of benzene rings is 1. The topological polar surface area (TPSA) is 109 Å². The number of nitro benzene ring substituents is 1. The maximum Gasteiger partial charge on any atom is 0.293 e. The molecule has 8 heteroatoms. The Labute approximate surface area is 157 Å². The minimum Gasteiger partial charge on any atom is -0.371 e. The fourth-order valence-electron chi connectivity index (χ4n) is 3.13. The molecule has 2 heterocycles. The average Bonchev–Trinajstić information content (AvgIpc) is 2.69. The summed E-state index contributed by atoms with van der Waals surface area (Å²) in [5.41, 5.74) is 1.28. The summed E-state index contributed by atoms with van der Waals surface area (Å²) in [4.78, 5) is 27.7. The van der Waals surface area contributed by atoms with Crippen molar-refractivity contribution in [3.05, 3.63) is 64.0 Å². The number of hydrogen-bond donors (Lipinski definition) is 3. The van der Waals surface area contributed by atoms with E-state index in [9.17, 15) is 14.9 Å². The van der Waals surface area contributed by atoms with E-state index in [1.54, 1.807) is 18.3 Å². The summed E-state index contributed by atoms with van der Waals surface area (Å²) in [6, 6.07) is 9.86. The Hall–Kier alpha value is -3.00. The van der Waals surface area contributed by atoms with Crippen LogP contribution in [0.2, 0.25) is 0 Å². The van der Waals surface area contributed by atoms with Crippen LogP contribution in [0.1, 0.15) is 41.9 Å². The van der Waals surface area contributed by atoms with Gasteiger partial charge in [0, 0.05) is 30.4 Å². The van der Waals surface area contributed by atoms with Crippen molar-refractivity contribution in [2.45, 2.75) is 31.8 Å². The monoisotopic (exact) mass is 369 g/mol. The number of pyridine rings is 1. The minimum absolute atomic E-state index is 0.0484. The number of nitro groups is 1. The second-order valence-corrected chi connectivity index (χ2v) is 6.63. The van der Waals surface area contributed by atoms with E-state index in [0.29, 0.717) is 5.69 Å². The highest BCUT2D eigenvalue weighted by molar-refractivity contribution is 5.96. The largest absolute Gasteiger partial charge is 0.371 e. The van der Waals surface area contributed by atoms with Gasteiger partial charge in [0.1, 0.15) is 5.69 Å². The SMILES string of the molecule is CC(Nc1ccc(C(=O)N[C@H]2CCCNC2)cc1[N+](=O)[O-])c1ccccn1. The molecule has 3 N–H and O–H groups in total. The number of nitrogens with zero attached hydrogens (tertiary/aromatic N) is 2. The smallest absolute Gasteiger partial charge is 0.293 e. The van der Waals surface area contributed by atoms with Crippen LogP contribution in [0.15, 0.2) is 42.6 Å². The van der Waals surface area contributed by atoms with E-state index in [-0.39, 0.29) is 29.2 Å². The van der Waals surface area contributed by atoms with Crippen molar-refractivity contribution < 1.29 is 9.72 Å². The van der Waals surface area contributed by atoms with Gasteiger partial charge in [0.15, 0.2) is 0 Å². The third kappa shape index (κ3) is 4.79. The zero-order valence-corrected chi connectivity index (χ0v) is 15.1. The Morgan fingerprint density at radius 2 is 2.22 bits per heavy atom. The summed E-state index contributed by atoms with van der Waals surface area (Å²) < 4.78 is 0. The molecular formula is C19H23N5O3. The number of carbonyl (C=O) groups excluding carboxylic acids is 1. The average molecular weight is 369 g/mol. The van der Waals surface area contributed by atoms with E-state index in [4.69, 9.17) is 0 Å². The molecule has 8 nitrogen and oxygen atoms in total. The van der Waals surface area contributed by atoms with Crippen molar-refractivity contribution >= 4 is 17.3 Å². The summed E-state index contributed by atoms with van der Waals surface area (Å²) in [7, 11) is 0. The lowest BCUT2D eigenvalue weighted by molar-refractivity contribution is -0.384. The summed E-state index contributed by atoms with van der Waals surface area (Å²) >= 11 is 0. The molecule has 1 aliphatic rings. The van der Waals surface area contributed by atoms with Crippen molar-refractivity contribution in [1.82, 2.24) is 15.6 Å². The molecule has 1 amide bonds. The number of nitrogens with one attached hydrogen (secondary N) is 3. The van der Waals surface area contributed by atoms with Gasteiger partial charge in [-0.25, -0.2) is 0 Å². The Kier molecular flexibility index (Phi) is 5.97. The van der Waals surface area contributed by atoms with E-state index in [2.05, 4.69) is 20.9 Å². The molecule has 0 saturated carbocycles. The second kappa shape index (κ2) is 8.59. The Morgan fingerprint density at radius 3 is 2.89 bits per heavy atom. The number of amides is 1. The first-order valence-electron chi connectivity index (χ1n) is 9.02. The van der Waals surface area contributed by atoms with Crippen molar-refractivity contribution in [1.29, 1.82) is 0 Å².